The van der Waals surface area contributed by atoms with Crippen molar-refractivity contribution in [1.29, 1.82) is 0 Å². The SMILES string of the molecule is NC(=O)C(Nc1cccc(Br)c1)c1cc(F)cc(Cl)c1. The molecule has 2 aromatic carbocycles. The van der Waals surface area contributed by atoms with E-state index < -0.39 is 17.8 Å². The van der Waals surface area contributed by atoms with Gasteiger partial charge >= 0.3 is 0 Å². The highest BCUT2D eigenvalue weighted by molar-refractivity contribution is 9.10. The van der Waals surface area contributed by atoms with Crippen LogP contribution in [-0.4, -0.2) is 5.91 Å². The van der Waals surface area contributed by atoms with Crippen LogP contribution in [0.5, 0.6) is 0 Å². The quantitative estimate of drug-likeness (QED) is 0.872. The van der Waals surface area contributed by atoms with E-state index in [0.717, 1.165) is 4.47 Å². The number of carbonyl (C=O) groups is 1. The topological polar surface area (TPSA) is 55.1 Å². The Balaban J connectivity index is 2.34. The molecule has 0 saturated heterocycles. The maximum absolute atomic E-state index is 13.4. The summed E-state index contributed by atoms with van der Waals surface area (Å²) >= 11 is 9.13. The normalized spacial score (nSPS) is 11.9. The third-order valence-electron chi connectivity index (χ3n) is 2.64. The second-order valence-electron chi connectivity index (χ2n) is 4.19. The number of nitrogens with two attached hydrogens (primary N) is 1. The molecule has 2 aromatic rings. The maximum Gasteiger partial charge on any atom is 0.244 e. The number of rotatable bonds is 4. The van der Waals surface area contributed by atoms with Crippen LogP contribution >= 0.6 is 27.5 Å². The first-order valence-electron chi connectivity index (χ1n) is 5.73. The lowest BCUT2D eigenvalue weighted by Gasteiger charge is -2.17. The summed E-state index contributed by atoms with van der Waals surface area (Å²) in [6.07, 6.45) is 0. The van der Waals surface area contributed by atoms with Gasteiger partial charge in [-0.1, -0.05) is 33.6 Å². The van der Waals surface area contributed by atoms with Crippen molar-refractivity contribution in [2.75, 3.05) is 5.32 Å². The number of benzene rings is 2. The van der Waals surface area contributed by atoms with Crippen molar-refractivity contribution in [3.05, 3.63) is 63.3 Å². The number of nitrogens with one attached hydrogen (secondary N) is 1. The molecule has 0 bridgehead atoms. The molecule has 104 valence electrons. The fourth-order valence-corrected chi connectivity index (χ4v) is 2.43. The average molecular weight is 358 g/mol. The molecule has 0 aliphatic heterocycles. The van der Waals surface area contributed by atoms with E-state index in [-0.39, 0.29) is 5.02 Å². The van der Waals surface area contributed by atoms with Crippen molar-refractivity contribution in [2.45, 2.75) is 6.04 Å². The van der Waals surface area contributed by atoms with Gasteiger partial charge in [-0.2, -0.15) is 0 Å². The Bertz CT molecular complexity index is 631. The van der Waals surface area contributed by atoms with Gasteiger partial charge in [0.1, 0.15) is 11.9 Å². The van der Waals surface area contributed by atoms with E-state index in [2.05, 4.69) is 21.2 Å². The molecular weight excluding hydrogens is 347 g/mol. The zero-order chi connectivity index (χ0) is 14.7. The number of amides is 1. The molecular formula is C14H11BrClFN2O. The zero-order valence-electron chi connectivity index (χ0n) is 10.2. The van der Waals surface area contributed by atoms with Gasteiger partial charge in [0.25, 0.3) is 0 Å². The highest BCUT2D eigenvalue weighted by atomic mass is 79.9. The maximum atomic E-state index is 13.4. The average Bonchev–Trinajstić information content (AvgIpc) is 2.34. The molecule has 6 heteroatoms. The van der Waals surface area contributed by atoms with Gasteiger partial charge < -0.3 is 11.1 Å². The predicted molar refractivity (Wildman–Crippen MR) is 81.1 cm³/mol. The van der Waals surface area contributed by atoms with Crippen molar-refractivity contribution in [3.8, 4) is 0 Å². The summed E-state index contributed by atoms with van der Waals surface area (Å²) in [4.78, 5) is 11.6. The van der Waals surface area contributed by atoms with Crippen molar-refractivity contribution < 1.29 is 9.18 Å². The van der Waals surface area contributed by atoms with Crippen LogP contribution in [0.1, 0.15) is 11.6 Å². The number of primary amides is 1. The smallest absolute Gasteiger partial charge is 0.244 e. The molecule has 1 atom stereocenters. The molecule has 0 aromatic heterocycles. The van der Waals surface area contributed by atoms with Gasteiger partial charge in [0.15, 0.2) is 0 Å². The molecule has 0 aliphatic carbocycles. The lowest BCUT2D eigenvalue weighted by atomic mass is 10.1. The molecule has 0 heterocycles. The molecule has 2 rings (SSSR count). The Morgan fingerprint density at radius 3 is 2.65 bits per heavy atom. The first kappa shape index (κ1) is 14.8. The second kappa shape index (κ2) is 6.24. The second-order valence-corrected chi connectivity index (χ2v) is 5.54. The van der Waals surface area contributed by atoms with Crippen molar-refractivity contribution >= 4 is 39.1 Å². The summed E-state index contributed by atoms with van der Waals surface area (Å²) in [5.74, 6) is -1.14. The van der Waals surface area contributed by atoms with Gasteiger partial charge in [0, 0.05) is 15.2 Å². The minimum atomic E-state index is -0.863. The van der Waals surface area contributed by atoms with Crippen molar-refractivity contribution in [1.82, 2.24) is 0 Å². The van der Waals surface area contributed by atoms with Crippen LogP contribution in [0.3, 0.4) is 0 Å². The number of carbonyl (C=O) groups excluding carboxylic acids is 1. The van der Waals surface area contributed by atoms with Gasteiger partial charge in [-0.15, -0.1) is 0 Å². The molecule has 0 saturated carbocycles. The lowest BCUT2D eigenvalue weighted by molar-refractivity contribution is -0.118. The molecule has 0 aliphatic rings. The van der Waals surface area contributed by atoms with E-state index >= 15 is 0 Å². The molecule has 0 spiro atoms. The van der Waals surface area contributed by atoms with E-state index in [1.807, 2.05) is 12.1 Å². The highest BCUT2D eigenvalue weighted by Crippen LogP contribution is 2.25. The van der Waals surface area contributed by atoms with E-state index in [9.17, 15) is 9.18 Å². The molecule has 0 radical (unpaired) electrons. The molecule has 1 unspecified atom stereocenters. The minimum Gasteiger partial charge on any atom is -0.370 e. The van der Waals surface area contributed by atoms with Crippen LogP contribution in [0.15, 0.2) is 46.9 Å². The summed E-state index contributed by atoms with van der Waals surface area (Å²) in [5, 5.41) is 3.17. The largest absolute Gasteiger partial charge is 0.370 e. The fourth-order valence-electron chi connectivity index (χ4n) is 1.81. The zero-order valence-corrected chi connectivity index (χ0v) is 12.6. The van der Waals surface area contributed by atoms with E-state index in [1.165, 1.54) is 18.2 Å². The van der Waals surface area contributed by atoms with Gasteiger partial charge in [-0.3, -0.25) is 4.79 Å². The summed E-state index contributed by atoms with van der Waals surface area (Å²) < 4.78 is 14.2. The van der Waals surface area contributed by atoms with Crippen LogP contribution in [0.4, 0.5) is 10.1 Å². The van der Waals surface area contributed by atoms with Gasteiger partial charge in [-0.25, -0.2) is 4.39 Å². The predicted octanol–water partition coefficient (Wildman–Crippen LogP) is 3.88. The van der Waals surface area contributed by atoms with Gasteiger partial charge in [0.05, 0.1) is 0 Å². The summed E-state index contributed by atoms with van der Waals surface area (Å²) in [7, 11) is 0. The van der Waals surface area contributed by atoms with Gasteiger partial charge in [0.2, 0.25) is 5.91 Å². The van der Waals surface area contributed by atoms with Crippen molar-refractivity contribution in [2.24, 2.45) is 5.73 Å². The Morgan fingerprint density at radius 1 is 1.30 bits per heavy atom. The van der Waals surface area contributed by atoms with E-state index in [0.29, 0.717) is 11.3 Å². The lowest BCUT2D eigenvalue weighted by Crippen LogP contribution is -2.27. The summed E-state index contributed by atoms with van der Waals surface area (Å²) in [5.41, 5.74) is 6.44. The summed E-state index contributed by atoms with van der Waals surface area (Å²) in [6, 6.07) is 10.3. The van der Waals surface area contributed by atoms with Crippen LogP contribution < -0.4 is 11.1 Å². The van der Waals surface area contributed by atoms with Crippen molar-refractivity contribution in [3.63, 3.8) is 0 Å². The molecule has 3 N–H and O–H groups in total. The standard InChI is InChI=1S/C14H11BrClFN2O/c15-9-2-1-3-12(6-9)19-13(14(18)20)8-4-10(16)7-11(17)5-8/h1-7,13,19H,(H2,18,20). The number of hydrogen-bond donors (Lipinski definition) is 2. The summed E-state index contributed by atoms with van der Waals surface area (Å²) in [6.45, 7) is 0. The van der Waals surface area contributed by atoms with Crippen LogP contribution in [0.2, 0.25) is 5.02 Å². The third-order valence-corrected chi connectivity index (χ3v) is 3.35. The Kier molecular flexibility index (Phi) is 4.62. The Labute approximate surface area is 129 Å². The van der Waals surface area contributed by atoms with Gasteiger partial charge in [-0.05, 0) is 42.0 Å². The number of anilines is 1. The highest BCUT2D eigenvalue weighted by Gasteiger charge is 2.19. The molecule has 0 fully saturated rings. The first-order chi connectivity index (χ1) is 9.45. The minimum absolute atomic E-state index is 0.210. The molecule has 1 amide bonds. The van der Waals surface area contributed by atoms with Crippen LogP contribution in [0, 0.1) is 5.82 Å². The number of halogens is 3. The fraction of sp³-hybridized carbons (Fsp3) is 0.0714. The Hall–Kier alpha value is -1.59. The number of hydrogen-bond acceptors (Lipinski definition) is 2. The third kappa shape index (κ3) is 3.71. The van der Waals surface area contributed by atoms with Crippen LogP contribution in [-0.2, 0) is 4.79 Å². The van der Waals surface area contributed by atoms with E-state index in [4.69, 9.17) is 17.3 Å². The monoisotopic (exact) mass is 356 g/mol. The van der Waals surface area contributed by atoms with Crippen LogP contribution in [0.25, 0.3) is 0 Å². The Morgan fingerprint density at radius 2 is 2.05 bits per heavy atom. The van der Waals surface area contributed by atoms with E-state index in [1.54, 1.807) is 12.1 Å². The molecule has 20 heavy (non-hydrogen) atoms. The molecule has 3 nitrogen and oxygen atoms in total. The first-order valence-corrected chi connectivity index (χ1v) is 6.90.